The minimum absolute atomic E-state index is 0.686. The van der Waals surface area contributed by atoms with Gasteiger partial charge >= 0.3 is 0 Å². The van der Waals surface area contributed by atoms with Crippen LogP contribution in [0.2, 0.25) is 0 Å². The van der Waals surface area contributed by atoms with Gasteiger partial charge in [0.05, 0.1) is 0 Å². The van der Waals surface area contributed by atoms with Gasteiger partial charge in [-0.2, -0.15) is 0 Å². The molecule has 0 bridgehead atoms. The van der Waals surface area contributed by atoms with Gasteiger partial charge in [0.15, 0.2) is 0 Å². The van der Waals surface area contributed by atoms with Crippen molar-refractivity contribution in [2.45, 2.75) is 44.7 Å². The van der Waals surface area contributed by atoms with Crippen LogP contribution in [0.15, 0.2) is 30.3 Å². The molecule has 2 nitrogen and oxygen atoms in total. The lowest BCUT2D eigenvalue weighted by molar-refractivity contribution is 0.122. The molecule has 1 aromatic rings. The molecule has 1 aromatic carbocycles. The Labute approximate surface area is 117 Å². The minimum atomic E-state index is 0.686. The summed E-state index contributed by atoms with van der Waals surface area (Å²) >= 11 is 0. The summed E-state index contributed by atoms with van der Waals surface area (Å²) in [6, 6.07) is 12.3. The van der Waals surface area contributed by atoms with E-state index in [1.54, 1.807) is 0 Å². The maximum Gasteiger partial charge on any atom is 0.0261 e. The van der Waals surface area contributed by atoms with Gasteiger partial charge in [-0.05, 0) is 37.2 Å². The van der Waals surface area contributed by atoms with Gasteiger partial charge < -0.3 is 5.32 Å². The molecule has 3 rings (SSSR count). The molecule has 0 radical (unpaired) electrons. The second kappa shape index (κ2) is 6.06. The second-order valence-electron chi connectivity index (χ2n) is 6.25. The summed E-state index contributed by atoms with van der Waals surface area (Å²) in [6.45, 7) is 6.02. The topological polar surface area (TPSA) is 15.3 Å². The summed E-state index contributed by atoms with van der Waals surface area (Å²) in [6.07, 6.45) is 5.35. The smallest absolute Gasteiger partial charge is 0.0261 e. The highest BCUT2D eigenvalue weighted by Gasteiger charge is 2.32. The zero-order valence-corrected chi connectivity index (χ0v) is 12.0. The molecule has 1 saturated carbocycles. The van der Waals surface area contributed by atoms with E-state index in [0.29, 0.717) is 12.1 Å². The first-order valence-electron chi connectivity index (χ1n) is 7.86. The molecule has 2 unspecified atom stereocenters. The number of nitrogens with zero attached hydrogens (tertiary/aromatic N) is 1. The van der Waals surface area contributed by atoms with Crippen molar-refractivity contribution >= 4 is 0 Å². The van der Waals surface area contributed by atoms with E-state index in [9.17, 15) is 0 Å². The lowest BCUT2D eigenvalue weighted by Gasteiger charge is -2.40. The summed E-state index contributed by atoms with van der Waals surface area (Å²) in [7, 11) is 0. The van der Waals surface area contributed by atoms with E-state index in [-0.39, 0.29) is 0 Å². The van der Waals surface area contributed by atoms with Crippen LogP contribution in [-0.2, 0) is 6.42 Å². The molecule has 1 N–H and O–H groups in total. The Morgan fingerprint density at radius 1 is 1.21 bits per heavy atom. The lowest BCUT2D eigenvalue weighted by atomic mass is 9.99. The second-order valence-corrected chi connectivity index (χ2v) is 6.25. The van der Waals surface area contributed by atoms with Crippen LogP contribution < -0.4 is 5.32 Å². The van der Waals surface area contributed by atoms with Crippen LogP contribution in [0.5, 0.6) is 0 Å². The SMILES string of the molecule is CCC1CN(CC2CC2)C(Cc2ccccc2)CN1. The fourth-order valence-corrected chi connectivity index (χ4v) is 3.15. The van der Waals surface area contributed by atoms with Crippen LogP contribution in [0.3, 0.4) is 0 Å². The molecule has 0 aromatic heterocycles. The highest BCUT2D eigenvalue weighted by molar-refractivity contribution is 5.16. The van der Waals surface area contributed by atoms with E-state index < -0.39 is 0 Å². The Morgan fingerprint density at radius 3 is 2.68 bits per heavy atom. The van der Waals surface area contributed by atoms with Crippen molar-refractivity contribution in [3.63, 3.8) is 0 Å². The average molecular weight is 258 g/mol. The first-order chi connectivity index (χ1) is 9.35. The molecule has 2 fully saturated rings. The molecule has 19 heavy (non-hydrogen) atoms. The number of nitrogens with one attached hydrogen (secondary N) is 1. The molecule has 1 heterocycles. The number of benzene rings is 1. The van der Waals surface area contributed by atoms with Crippen molar-refractivity contribution in [2.75, 3.05) is 19.6 Å². The van der Waals surface area contributed by atoms with Gasteiger partial charge in [0, 0.05) is 31.7 Å². The van der Waals surface area contributed by atoms with Crippen molar-refractivity contribution in [1.82, 2.24) is 10.2 Å². The van der Waals surface area contributed by atoms with Crippen LogP contribution in [0.4, 0.5) is 0 Å². The van der Waals surface area contributed by atoms with Crippen LogP contribution in [0.25, 0.3) is 0 Å². The maximum atomic E-state index is 3.72. The third kappa shape index (κ3) is 3.58. The third-order valence-corrected chi connectivity index (χ3v) is 4.61. The molecule has 0 amide bonds. The van der Waals surface area contributed by atoms with Gasteiger partial charge in [-0.3, -0.25) is 4.90 Å². The minimum Gasteiger partial charge on any atom is -0.311 e. The van der Waals surface area contributed by atoms with E-state index in [4.69, 9.17) is 0 Å². The van der Waals surface area contributed by atoms with Crippen molar-refractivity contribution in [1.29, 1.82) is 0 Å². The highest BCUT2D eigenvalue weighted by Crippen LogP contribution is 2.31. The first-order valence-corrected chi connectivity index (χ1v) is 7.86. The van der Waals surface area contributed by atoms with E-state index in [2.05, 4.69) is 47.5 Å². The summed E-state index contributed by atoms with van der Waals surface area (Å²) in [5.41, 5.74) is 1.48. The zero-order chi connectivity index (χ0) is 13.1. The standard InChI is InChI=1S/C17H26N2/c1-2-16-13-19(12-15-8-9-15)17(11-18-16)10-14-6-4-3-5-7-14/h3-7,15-18H,2,8-13H2,1H3. The van der Waals surface area contributed by atoms with E-state index in [1.165, 1.54) is 44.3 Å². The van der Waals surface area contributed by atoms with Crippen molar-refractivity contribution in [3.8, 4) is 0 Å². The molecule has 2 atom stereocenters. The maximum absolute atomic E-state index is 3.72. The number of hydrogen-bond donors (Lipinski definition) is 1. The zero-order valence-electron chi connectivity index (χ0n) is 12.0. The Balaban J connectivity index is 1.63. The Bertz CT molecular complexity index is 386. The average Bonchev–Trinajstić information content (AvgIpc) is 3.26. The molecule has 1 aliphatic heterocycles. The van der Waals surface area contributed by atoms with Gasteiger partial charge in [0.25, 0.3) is 0 Å². The molecular weight excluding hydrogens is 232 g/mol. The fourth-order valence-electron chi connectivity index (χ4n) is 3.15. The normalized spacial score (nSPS) is 28.5. The third-order valence-electron chi connectivity index (χ3n) is 4.61. The summed E-state index contributed by atoms with van der Waals surface area (Å²) < 4.78 is 0. The molecule has 104 valence electrons. The van der Waals surface area contributed by atoms with Crippen molar-refractivity contribution < 1.29 is 0 Å². The lowest BCUT2D eigenvalue weighted by Crippen LogP contribution is -2.57. The monoisotopic (exact) mass is 258 g/mol. The van der Waals surface area contributed by atoms with Gasteiger partial charge in [0.1, 0.15) is 0 Å². The molecule has 0 spiro atoms. The van der Waals surface area contributed by atoms with Crippen LogP contribution in [-0.4, -0.2) is 36.6 Å². The molecule has 2 heteroatoms. The largest absolute Gasteiger partial charge is 0.311 e. The van der Waals surface area contributed by atoms with Gasteiger partial charge in [0.2, 0.25) is 0 Å². The number of rotatable bonds is 5. The van der Waals surface area contributed by atoms with Gasteiger partial charge in [-0.15, -0.1) is 0 Å². The van der Waals surface area contributed by atoms with Crippen LogP contribution >= 0.6 is 0 Å². The highest BCUT2D eigenvalue weighted by atomic mass is 15.2. The quantitative estimate of drug-likeness (QED) is 0.873. The molecule has 2 aliphatic rings. The molecule has 1 saturated heterocycles. The summed E-state index contributed by atoms with van der Waals surface area (Å²) in [5, 5.41) is 3.72. The Kier molecular flexibility index (Phi) is 4.19. The molecule has 1 aliphatic carbocycles. The predicted octanol–water partition coefficient (Wildman–Crippen LogP) is 2.69. The Morgan fingerprint density at radius 2 is 2.00 bits per heavy atom. The number of piperazine rings is 1. The Hall–Kier alpha value is -0.860. The van der Waals surface area contributed by atoms with E-state index in [0.717, 1.165) is 12.5 Å². The fraction of sp³-hybridized carbons (Fsp3) is 0.647. The van der Waals surface area contributed by atoms with Crippen LogP contribution in [0, 0.1) is 5.92 Å². The number of hydrogen-bond acceptors (Lipinski definition) is 2. The van der Waals surface area contributed by atoms with Crippen molar-refractivity contribution in [2.24, 2.45) is 5.92 Å². The van der Waals surface area contributed by atoms with E-state index in [1.807, 2.05) is 0 Å². The van der Waals surface area contributed by atoms with Crippen molar-refractivity contribution in [3.05, 3.63) is 35.9 Å². The van der Waals surface area contributed by atoms with Gasteiger partial charge in [-0.25, -0.2) is 0 Å². The summed E-state index contributed by atoms with van der Waals surface area (Å²) in [5.74, 6) is 0.994. The predicted molar refractivity (Wildman–Crippen MR) is 80.3 cm³/mol. The van der Waals surface area contributed by atoms with Crippen LogP contribution in [0.1, 0.15) is 31.7 Å². The molecular formula is C17H26N2. The van der Waals surface area contributed by atoms with Gasteiger partial charge in [-0.1, -0.05) is 37.3 Å². The van der Waals surface area contributed by atoms with E-state index >= 15 is 0 Å². The summed E-state index contributed by atoms with van der Waals surface area (Å²) in [4.78, 5) is 2.76. The first kappa shape index (κ1) is 13.1.